The van der Waals surface area contributed by atoms with E-state index in [0.717, 1.165) is 24.8 Å². The second kappa shape index (κ2) is 7.40. The molecule has 0 aliphatic carbocycles. The van der Waals surface area contributed by atoms with Gasteiger partial charge in [0.2, 0.25) is 0 Å². The fraction of sp³-hybridized carbons (Fsp3) is 0.250. The summed E-state index contributed by atoms with van der Waals surface area (Å²) in [6.45, 7) is 5.66. The zero-order chi connectivity index (χ0) is 17.7. The number of benzene rings is 2. The normalized spacial score (nSPS) is 10.9. The summed E-state index contributed by atoms with van der Waals surface area (Å²) in [5.74, 6) is -0.392. The number of nitrogens with zero attached hydrogens (tertiary/aromatic N) is 4. The maximum absolute atomic E-state index is 10.6. The molecule has 2 N–H and O–H groups in total. The van der Waals surface area contributed by atoms with Crippen molar-refractivity contribution in [1.82, 2.24) is 0 Å². The van der Waals surface area contributed by atoms with E-state index in [1.165, 1.54) is 12.1 Å². The third-order valence-corrected chi connectivity index (χ3v) is 3.52. The van der Waals surface area contributed by atoms with Gasteiger partial charge in [-0.2, -0.15) is 0 Å². The average Bonchev–Trinajstić information content (AvgIpc) is 2.56. The standard InChI is InChI=1S/C16H18N4O4/c1-3-19(4-2)11-5-7-13(15(21)9-11)17-18-14-8-6-12(20(23)24)10-16(14)22/h5-10,21-22H,3-4H2,1-2H3. The Labute approximate surface area is 138 Å². The van der Waals surface area contributed by atoms with Crippen molar-refractivity contribution in [2.75, 3.05) is 18.0 Å². The SMILES string of the molecule is CCN(CC)c1ccc(N=Nc2ccc([N+](=O)[O-])cc2O)c(O)c1. The number of non-ortho nitro benzene ring substituents is 1. The quantitative estimate of drug-likeness (QED) is 0.467. The van der Waals surface area contributed by atoms with Gasteiger partial charge in [0.15, 0.2) is 0 Å². The van der Waals surface area contributed by atoms with Gasteiger partial charge in [0.05, 0.1) is 11.0 Å². The van der Waals surface area contributed by atoms with Crippen LogP contribution in [0.5, 0.6) is 11.5 Å². The van der Waals surface area contributed by atoms with Gasteiger partial charge >= 0.3 is 0 Å². The zero-order valence-electron chi connectivity index (χ0n) is 13.4. The predicted octanol–water partition coefficient (Wildman–Crippen LogP) is 4.27. The first-order valence-corrected chi connectivity index (χ1v) is 7.43. The lowest BCUT2D eigenvalue weighted by molar-refractivity contribution is -0.384. The van der Waals surface area contributed by atoms with Gasteiger partial charge in [-0.15, -0.1) is 10.2 Å². The first kappa shape index (κ1) is 17.2. The van der Waals surface area contributed by atoms with Crippen molar-refractivity contribution in [3.05, 3.63) is 46.5 Å². The molecule has 0 unspecified atom stereocenters. The molecule has 0 bridgehead atoms. The highest BCUT2D eigenvalue weighted by atomic mass is 16.6. The Morgan fingerprint density at radius 2 is 1.54 bits per heavy atom. The molecule has 0 radical (unpaired) electrons. The lowest BCUT2D eigenvalue weighted by Gasteiger charge is -2.21. The van der Waals surface area contributed by atoms with Crippen LogP contribution in [0.25, 0.3) is 0 Å². The van der Waals surface area contributed by atoms with Crippen molar-refractivity contribution < 1.29 is 15.1 Å². The molecule has 0 heterocycles. The van der Waals surface area contributed by atoms with Gasteiger partial charge in [-0.3, -0.25) is 10.1 Å². The molecule has 0 aliphatic heterocycles. The van der Waals surface area contributed by atoms with E-state index in [0.29, 0.717) is 0 Å². The Balaban J connectivity index is 2.25. The highest BCUT2D eigenvalue weighted by molar-refractivity contribution is 5.62. The second-order valence-corrected chi connectivity index (χ2v) is 4.98. The Morgan fingerprint density at radius 3 is 2.00 bits per heavy atom. The van der Waals surface area contributed by atoms with Crippen molar-refractivity contribution in [3.8, 4) is 11.5 Å². The number of rotatable bonds is 6. The Morgan fingerprint density at radius 1 is 1.00 bits per heavy atom. The van der Waals surface area contributed by atoms with Crippen LogP contribution in [-0.2, 0) is 0 Å². The third kappa shape index (κ3) is 3.78. The number of phenolic OH excluding ortho intramolecular Hbond substituents is 2. The van der Waals surface area contributed by atoms with Crippen LogP contribution >= 0.6 is 0 Å². The van der Waals surface area contributed by atoms with Gasteiger partial charge in [-0.05, 0) is 32.0 Å². The van der Waals surface area contributed by atoms with E-state index in [1.54, 1.807) is 12.1 Å². The van der Waals surface area contributed by atoms with Crippen LogP contribution < -0.4 is 4.90 Å². The average molecular weight is 330 g/mol. The number of azo groups is 1. The molecule has 2 aromatic rings. The first-order valence-electron chi connectivity index (χ1n) is 7.43. The molecule has 0 saturated heterocycles. The van der Waals surface area contributed by atoms with E-state index in [4.69, 9.17) is 0 Å². The van der Waals surface area contributed by atoms with Crippen LogP contribution in [0.2, 0.25) is 0 Å². The molecule has 24 heavy (non-hydrogen) atoms. The summed E-state index contributed by atoms with van der Waals surface area (Å²) < 4.78 is 0. The predicted molar refractivity (Wildman–Crippen MR) is 90.6 cm³/mol. The van der Waals surface area contributed by atoms with Crippen molar-refractivity contribution >= 4 is 22.7 Å². The van der Waals surface area contributed by atoms with Gasteiger partial charge in [0.1, 0.15) is 22.9 Å². The molecule has 0 saturated carbocycles. The zero-order valence-corrected chi connectivity index (χ0v) is 13.4. The van der Waals surface area contributed by atoms with Crippen LogP contribution in [-0.4, -0.2) is 28.2 Å². The van der Waals surface area contributed by atoms with Crippen LogP contribution in [0.15, 0.2) is 46.6 Å². The molecule has 0 amide bonds. The number of nitro groups is 1. The number of anilines is 1. The Bertz CT molecular complexity index is 773. The monoisotopic (exact) mass is 330 g/mol. The summed E-state index contributed by atoms with van der Waals surface area (Å²) in [7, 11) is 0. The van der Waals surface area contributed by atoms with E-state index in [2.05, 4.69) is 15.1 Å². The summed E-state index contributed by atoms with van der Waals surface area (Å²) in [6.07, 6.45) is 0. The van der Waals surface area contributed by atoms with Crippen molar-refractivity contribution in [3.63, 3.8) is 0 Å². The molecular weight excluding hydrogens is 312 g/mol. The fourth-order valence-corrected chi connectivity index (χ4v) is 2.20. The molecule has 8 heteroatoms. The van der Waals surface area contributed by atoms with Crippen LogP contribution in [0, 0.1) is 10.1 Å². The largest absolute Gasteiger partial charge is 0.506 e. The highest BCUT2D eigenvalue weighted by Crippen LogP contribution is 2.35. The van der Waals surface area contributed by atoms with E-state index in [-0.39, 0.29) is 28.6 Å². The third-order valence-electron chi connectivity index (χ3n) is 3.52. The molecule has 2 aromatic carbocycles. The summed E-state index contributed by atoms with van der Waals surface area (Å²) >= 11 is 0. The minimum atomic E-state index is -0.613. The van der Waals surface area contributed by atoms with E-state index >= 15 is 0 Å². The molecule has 0 aliphatic rings. The van der Waals surface area contributed by atoms with Crippen molar-refractivity contribution in [2.24, 2.45) is 10.2 Å². The summed E-state index contributed by atoms with van der Waals surface area (Å²) in [5.41, 5.74) is 0.948. The summed E-state index contributed by atoms with van der Waals surface area (Å²) in [4.78, 5) is 12.1. The smallest absolute Gasteiger partial charge is 0.273 e. The second-order valence-electron chi connectivity index (χ2n) is 4.98. The minimum Gasteiger partial charge on any atom is -0.506 e. The van der Waals surface area contributed by atoms with Crippen LogP contribution in [0.3, 0.4) is 0 Å². The number of phenols is 2. The Hall–Kier alpha value is -3.16. The molecule has 0 atom stereocenters. The van der Waals surface area contributed by atoms with Crippen molar-refractivity contribution in [2.45, 2.75) is 13.8 Å². The topological polar surface area (TPSA) is 112 Å². The molecule has 0 fully saturated rings. The van der Waals surface area contributed by atoms with Gasteiger partial charge in [-0.25, -0.2) is 0 Å². The van der Waals surface area contributed by atoms with Gasteiger partial charge in [0.25, 0.3) is 5.69 Å². The maximum Gasteiger partial charge on any atom is 0.273 e. The van der Waals surface area contributed by atoms with Gasteiger partial charge in [0, 0.05) is 30.9 Å². The number of hydrogen-bond acceptors (Lipinski definition) is 7. The van der Waals surface area contributed by atoms with Crippen LogP contribution in [0.1, 0.15) is 13.8 Å². The Kier molecular flexibility index (Phi) is 5.31. The molecule has 0 aromatic heterocycles. The lowest BCUT2D eigenvalue weighted by Crippen LogP contribution is -2.21. The van der Waals surface area contributed by atoms with E-state index in [1.807, 2.05) is 19.9 Å². The number of hydrogen-bond donors (Lipinski definition) is 2. The van der Waals surface area contributed by atoms with Gasteiger partial charge in [-0.1, -0.05) is 0 Å². The first-order chi connectivity index (χ1) is 11.5. The molecule has 126 valence electrons. The summed E-state index contributed by atoms with van der Waals surface area (Å²) in [6, 6.07) is 8.54. The molecular formula is C16H18N4O4. The highest BCUT2D eigenvalue weighted by Gasteiger charge is 2.10. The van der Waals surface area contributed by atoms with E-state index < -0.39 is 4.92 Å². The van der Waals surface area contributed by atoms with Crippen molar-refractivity contribution in [1.29, 1.82) is 0 Å². The fourth-order valence-electron chi connectivity index (χ4n) is 2.20. The number of aromatic hydroxyl groups is 2. The van der Waals surface area contributed by atoms with Gasteiger partial charge < -0.3 is 15.1 Å². The molecule has 8 nitrogen and oxygen atoms in total. The van der Waals surface area contributed by atoms with Crippen LogP contribution in [0.4, 0.5) is 22.7 Å². The van der Waals surface area contributed by atoms with E-state index in [9.17, 15) is 20.3 Å². The molecule has 2 rings (SSSR count). The number of nitro benzene ring substituents is 1. The minimum absolute atomic E-state index is 0.0375. The molecule has 0 spiro atoms. The summed E-state index contributed by atoms with van der Waals surface area (Å²) in [5, 5.41) is 38.2. The maximum atomic E-state index is 10.6. The lowest BCUT2D eigenvalue weighted by atomic mass is 10.2.